The highest BCUT2D eigenvalue weighted by atomic mass is 16.5. The van der Waals surface area contributed by atoms with Crippen LogP contribution in [-0.2, 0) is 0 Å². The van der Waals surface area contributed by atoms with Crippen LogP contribution in [-0.4, -0.2) is 33.9 Å². The molecule has 6 nitrogen and oxygen atoms in total. The van der Waals surface area contributed by atoms with Gasteiger partial charge in [0.2, 0.25) is 0 Å². The van der Waals surface area contributed by atoms with Crippen LogP contribution in [0.5, 0.6) is 5.75 Å². The number of H-pyrrole nitrogens is 1. The molecule has 0 aliphatic carbocycles. The Balaban J connectivity index is 0.000000948. The maximum atomic E-state index is 12.4. The van der Waals surface area contributed by atoms with Crippen molar-refractivity contribution in [2.75, 3.05) is 14.2 Å². The summed E-state index contributed by atoms with van der Waals surface area (Å²) in [6.45, 7) is 0. The number of ether oxygens (including phenoxy) is 1. The van der Waals surface area contributed by atoms with Gasteiger partial charge in [-0.25, -0.2) is 4.52 Å². The van der Waals surface area contributed by atoms with Gasteiger partial charge < -0.3 is 14.8 Å². The number of fused-ring (bicyclic) bond motifs is 1. The van der Waals surface area contributed by atoms with Crippen molar-refractivity contribution in [3.63, 3.8) is 0 Å². The van der Waals surface area contributed by atoms with Crippen molar-refractivity contribution < 1.29 is 9.84 Å². The van der Waals surface area contributed by atoms with E-state index in [-0.39, 0.29) is 5.56 Å². The van der Waals surface area contributed by atoms with Gasteiger partial charge in [-0.15, -0.1) is 0 Å². The fourth-order valence-corrected chi connectivity index (χ4v) is 2.91. The molecule has 0 bridgehead atoms. The molecule has 0 saturated heterocycles. The molecule has 2 aromatic carbocycles. The van der Waals surface area contributed by atoms with Crippen LogP contribution in [0.1, 0.15) is 0 Å². The van der Waals surface area contributed by atoms with Crippen molar-refractivity contribution in [1.82, 2.24) is 14.6 Å². The molecule has 0 saturated carbocycles. The van der Waals surface area contributed by atoms with Gasteiger partial charge in [0, 0.05) is 24.4 Å². The number of aliphatic hydroxyl groups excluding tert-OH is 1. The molecule has 0 aliphatic heterocycles. The molecular formula is C20H19N3O3. The third-order valence-corrected chi connectivity index (χ3v) is 4.04. The zero-order valence-corrected chi connectivity index (χ0v) is 14.5. The van der Waals surface area contributed by atoms with E-state index in [9.17, 15) is 4.79 Å². The molecule has 132 valence electrons. The van der Waals surface area contributed by atoms with Gasteiger partial charge >= 0.3 is 0 Å². The maximum Gasteiger partial charge on any atom is 0.275 e. The van der Waals surface area contributed by atoms with Crippen molar-refractivity contribution in [2.45, 2.75) is 0 Å². The number of aliphatic hydroxyl groups is 1. The summed E-state index contributed by atoms with van der Waals surface area (Å²) in [6.07, 6.45) is 3.29. The maximum absolute atomic E-state index is 12.4. The van der Waals surface area contributed by atoms with E-state index in [1.165, 1.54) is 6.33 Å². The first-order valence-corrected chi connectivity index (χ1v) is 8.01. The van der Waals surface area contributed by atoms with Crippen LogP contribution in [0.15, 0.2) is 71.9 Å². The van der Waals surface area contributed by atoms with E-state index in [1.807, 2.05) is 60.8 Å². The van der Waals surface area contributed by atoms with Gasteiger partial charge in [0.15, 0.2) is 0 Å². The number of methoxy groups -OCH3 is 1. The number of aromatic amines is 1. The highest BCUT2D eigenvalue weighted by molar-refractivity contribution is 5.94. The Morgan fingerprint density at radius 1 is 1.00 bits per heavy atom. The molecule has 0 spiro atoms. The first-order valence-electron chi connectivity index (χ1n) is 8.01. The first kappa shape index (κ1) is 17.4. The van der Waals surface area contributed by atoms with Crippen LogP contribution >= 0.6 is 0 Å². The Morgan fingerprint density at radius 2 is 1.69 bits per heavy atom. The minimum absolute atomic E-state index is 0.169. The van der Waals surface area contributed by atoms with Gasteiger partial charge in [0.1, 0.15) is 17.6 Å². The summed E-state index contributed by atoms with van der Waals surface area (Å²) < 4.78 is 6.85. The number of hydrogen-bond acceptors (Lipinski definition) is 4. The Bertz CT molecular complexity index is 1050. The lowest BCUT2D eigenvalue weighted by Crippen LogP contribution is -2.10. The van der Waals surface area contributed by atoms with Crippen molar-refractivity contribution in [2.24, 2.45) is 0 Å². The van der Waals surface area contributed by atoms with E-state index >= 15 is 0 Å². The van der Waals surface area contributed by atoms with Crippen molar-refractivity contribution in [3.8, 4) is 28.0 Å². The summed E-state index contributed by atoms with van der Waals surface area (Å²) in [5.41, 5.74) is 4.16. The van der Waals surface area contributed by atoms with Crippen molar-refractivity contribution >= 4 is 5.52 Å². The summed E-state index contributed by atoms with van der Waals surface area (Å²) in [6, 6.07) is 17.7. The molecule has 0 fully saturated rings. The molecule has 6 heteroatoms. The zero-order valence-electron chi connectivity index (χ0n) is 14.5. The molecule has 2 heterocycles. The van der Waals surface area contributed by atoms with Crippen LogP contribution in [0.25, 0.3) is 27.8 Å². The van der Waals surface area contributed by atoms with Crippen LogP contribution in [0.4, 0.5) is 0 Å². The summed E-state index contributed by atoms with van der Waals surface area (Å²) in [7, 11) is 2.63. The topological polar surface area (TPSA) is 79.6 Å². The smallest absolute Gasteiger partial charge is 0.275 e. The second kappa shape index (κ2) is 7.67. The van der Waals surface area contributed by atoms with Crippen molar-refractivity contribution in [1.29, 1.82) is 0 Å². The van der Waals surface area contributed by atoms with Gasteiger partial charge in [0.05, 0.1) is 7.11 Å². The highest BCUT2D eigenvalue weighted by Gasteiger charge is 2.17. The summed E-state index contributed by atoms with van der Waals surface area (Å²) in [4.78, 5) is 15.1. The van der Waals surface area contributed by atoms with Gasteiger partial charge in [0.25, 0.3) is 5.56 Å². The third kappa shape index (κ3) is 3.10. The lowest BCUT2D eigenvalue weighted by molar-refractivity contribution is 0.399. The van der Waals surface area contributed by atoms with E-state index in [2.05, 4.69) is 10.1 Å². The van der Waals surface area contributed by atoms with E-state index in [0.717, 1.165) is 35.1 Å². The molecule has 0 atom stereocenters. The average molecular weight is 349 g/mol. The normalized spacial score (nSPS) is 10.3. The predicted octanol–water partition coefficient (Wildman–Crippen LogP) is 2.97. The number of rotatable bonds is 3. The standard InChI is InChI=1S/C19H15N3O2.CH4O/c1-24-15-9-7-14(8-10-15)17-16(13-5-3-2-4-6-13)11-22-18(17)19(23)20-12-21-22;1-2/h2-12H,1H3,(H,20,21,23);2H,1H3. The van der Waals surface area contributed by atoms with E-state index in [4.69, 9.17) is 9.84 Å². The Hall–Kier alpha value is -3.38. The molecule has 0 radical (unpaired) electrons. The summed E-state index contributed by atoms with van der Waals surface area (Å²) in [5.74, 6) is 0.774. The van der Waals surface area contributed by atoms with E-state index in [0.29, 0.717) is 5.52 Å². The number of hydrogen-bond donors (Lipinski definition) is 2. The molecule has 2 aromatic heterocycles. The van der Waals surface area contributed by atoms with Gasteiger partial charge in [-0.3, -0.25) is 4.79 Å². The van der Waals surface area contributed by atoms with Gasteiger partial charge in [-0.2, -0.15) is 5.10 Å². The monoisotopic (exact) mass is 349 g/mol. The van der Waals surface area contributed by atoms with Gasteiger partial charge in [-0.05, 0) is 23.3 Å². The number of benzene rings is 2. The second-order valence-electron chi connectivity index (χ2n) is 5.42. The first-order chi connectivity index (χ1) is 12.8. The molecule has 0 amide bonds. The Kier molecular flexibility index (Phi) is 5.15. The lowest BCUT2D eigenvalue weighted by Gasteiger charge is -2.06. The Labute approximate surface area is 150 Å². The molecule has 2 N–H and O–H groups in total. The third-order valence-electron chi connectivity index (χ3n) is 4.04. The fraction of sp³-hybridized carbons (Fsp3) is 0.100. The number of nitrogens with zero attached hydrogens (tertiary/aromatic N) is 2. The largest absolute Gasteiger partial charge is 0.497 e. The van der Waals surface area contributed by atoms with Crippen LogP contribution < -0.4 is 10.3 Å². The van der Waals surface area contributed by atoms with E-state index < -0.39 is 0 Å². The zero-order chi connectivity index (χ0) is 18.5. The fourth-order valence-electron chi connectivity index (χ4n) is 2.91. The summed E-state index contributed by atoms with van der Waals surface area (Å²) >= 11 is 0. The molecule has 0 unspecified atom stereocenters. The van der Waals surface area contributed by atoms with E-state index in [1.54, 1.807) is 11.6 Å². The van der Waals surface area contributed by atoms with Crippen LogP contribution in [0.3, 0.4) is 0 Å². The highest BCUT2D eigenvalue weighted by Crippen LogP contribution is 2.36. The average Bonchev–Trinajstić information content (AvgIpc) is 3.11. The summed E-state index contributed by atoms with van der Waals surface area (Å²) in [5, 5.41) is 11.2. The lowest BCUT2D eigenvalue weighted by atomic mass is 9.98. The predicted molar refractivity (Wildman–Crippen MR) is 101 cm³/mol. The Morgan fingerprint density at radius 3 is 2.35 bits per heavy atom. The molecule has 0 aliphatic rings. The van der Waals surface area contributed by atoms with Crippen LogP contribution in [0.2, 0.25) is 0 Å². The quantitative estimate of drug-likeness (QED) is 0.596. The van der Waals surface area contributed by atoms with Gasteiger partial charge in [-0.1, -0.05) is 42.5 Å². The minimum atomic E-state index is -0.169. The number of nitrogens with one attached hydrogen (secondary N) is 1. The SMILES string of the molecule is CO.COc1ccc(-c2c(-c3ccccc3)cn3nc[nH]c(=O)c23)cc1. The molecule has 26 heavy (non-hydrogen) atoms. The second-order valence-corrected chi connectivity index (χ2v) is 5.42. The molecular weight excluding hydrogens is 330 g/mol. The number of aromatic nitrogens is 3. The minimum Gasteiger partial charge on any atom is -0.497 e. The molecule has 4 aromatic rings. The van der Waals surface area contributed by atoms with Crippen LogP contribution in [0, 0.1) is 0 Å². The van der Waals surface area contributed by atoms with Crippen molar-refractivity contribution in [3.05, 3.63) is 77.5 Å². The molecule has 4 rings (SSSR count).